The molecule has 0 atom stereocenters. The topological polar surface area (TPSA) is 111 Å². The molecule has 5 N–H and O–H groups in total. The predicted octanol–water partition coefficient (Wildman–Crippen LogP) is 2.82. The van der Waals surface area contributed by atoms with Gasteiger partial charge in [0.2, 0.25) is 5.91 Å². The average Bonchev–Trinajstić information content (AvgIpc) is 2.94. The van der Waals surface area contributed by atoms with Gasteiger partial charge in [-0.05, 0) is 41.9 Å². The zero-order valence-electron chi connectivity index (χ0n) is 14.4. The summed E-state index contributed by atoms with van der Waals surface area (Å²) in [4.78, 5) is 16.6. The number of carbonyl (C=O) groups is 1. The van der Waals surface area contributed by atoms with Crippen molar-refractivity contribution in [3.05, 3.63) is 41.0 Å². The van der Waals surface area contributed by atoms with E-state index in [0.29, 0.717) is 17.0 Å². The van der Waals surface area contributed by atoms with Gasteiger partial charge in [-0.1, -0.05) is 32.0 Å². The standard InChI is InChI=1S/C19H21N5O/c1-19(2)8-7-11-13(9-19)14-16(20)23-24-18(14)22-15(11)10-5-3-4-6-12(10)17(21)25/h3-6H,7-9H2,1-2H3,(H2,21,25)(H3,20,22,23,24). The number of nitrogens with two attached hydrogens (primary N) is 2. The Bertz CT molecular complexity index is 1000. The summed E-state index contributed by atoms with van der Waals surface area (Å²) in [6.07, 6.45) is 2.84. The Kier molecular flexibility index (Phi) is 3.32. The van der Waals surface area contributed by atoms with E-state index in [-0.39, 0.29) is 5.41 Å². The number of nitrogens with zero attached hydrogens (tertiary/aromatic N) is 2. The number of fused-ring (bicyclic) bond motifs is 3. The van der Waals surface area contributed by atoms with Gasteiger partial charge in [0.25, 0.3) is 0 Å². The molecule has 1 aromatic carbocycles. The molecule has 4 rings (SSSR count). The highest BCUT2D eigenvalue weighted by atomic mass is 16.1. The van der Waals surface area contributed by atoms with Gasteiger partial charge >= 0.3 is 0 Å². The number of amides is 1. The maximum atomic E-state index is 11.9. The molecule has 0 unspecified atom stereocenters. The summed E-state index contributed by atoms with van der Waals surface area (Å²) < 4.78 is 0. The number of nitrogens with one attached hydrogen (secondary N) is 1. The highest BCUT2D eigenvalue weighted by molar-refractivity contribution is 6.01. The molecule has 0 saturated carbocycles. The van der Waals surface area contributed by atoms with Gasteiger partial charge in [0.1, 0.15) is 5.82 Å². The van der Waals surface area contributed by atoms with Crippen molar-refractivity contribution in [3.63, 3.8) is 0 Å². The zero-order chi connectivity index (χ0) is 17.8. The third kappa shape index (κ3) is 2.45. The average molecular weight is 335 g/mol. The number of benzene rings is 1. The lowest BCUT2D eigenvalue weighted by molar-refractivity contribution is 0.100. The van der Waals surface area contributed by atoms with Gasteiger partial charge < -0.3 is 11.5 Å². The predicted molar refractivity (Wildman–Crippen MR) is 98.1 cm³/mol. The lowest BCUT2D eigenvalue weighted by Crippen LogP contribution is -2.24. The first kappa shape index (κ1) is 15.6. The van der Waals surface area contributed by atoms with Crippen LogP contribution in [0.15, 0.2) is 24.3 Å². The van der Waals surface area contributed by atoms with Crippen LogP contribution in [-0.2, 0) is 12.8 Å². The third-order valence-corrected chi connectivity index (χ3v) is 5.10. The highest BCUT2D eigenvalue weighted by Crippen LogP contribution is 2.42. The fourth-order valence-corrected chi connectivity index (χ4v) is 3.81. The Morgan fingerprint density at radius 1 is 1.24 bits per heavy atom. The van der Waals surface area contributed by atoms with Crippen LogP contribution < -0.4 is 11.5 Å². The molecule has 25 heavy (non-hydrogen) atoms. The van der Waals surface area contributed by atoms with E-state index in [4.69, 9.17) is 16.5 Å². The van der Waals surface area contributed by atoms with Crippen LogP contribution in [0.5, 0.6) is 0 Å². The molecule has 3 aromatic rings. The monoisotopic (exact) mass is 335 g/mol. The van der Waals surface area contributed by atoms with Crippen LogP contribution >= 0.6 is 0 Å². The molecule has 2 heterocycles. The number of nitrogen functional groups attached to an aromatic ring is 1. The van der Waals surface area contributed by atoms with Gasteiger partial charge in [0.15, 0.2) is 5.65 Å². The van der Waals surface area contributed by atoms with E-state index in [1.807, 2.05) is 18.2 Å². The molecule has 0 bridgehead atoms. The van der Waals surface area contributed by atoms with Crippen molar-refractivity contribution in [2.75, 3.05) is 5.73 Å². The SMILES string of the molecule is CC1(C)CCc2c(-c3ccccc3C(N)=O)nc3n[nH]c(N)c3c2C1. The van der Waals surface area contributed by atoms with Crippen LogP contribution in [0, 0.1) is 5.41 Å². The number of hydrogen-bond donors (Lipinski definition) is 3. The molecule has 0 aliphatic heterocycles. The lowest BCUT2D eigenvalue weighted by Gasteiger charge is -2.32. The largest absolute Gasteiger partial charge is 0.384 e. The second kappa shape index (κ2) is 5.31. The van der Waals surface area contributed by atoms with Gasteiger partial charge in [-0.25, -0.2) is 4.98 Å². The van der Waals surface area contributed by atoms with Gasteiger partial charge in [0.05, 0.1) is 11.1 Å². The first-order chi connectivity index (χ1) is 11.9. The van der Waals surface area contributed by atoms with Crippen LogP contribution in [0.3, 0.4) is 0 Å². The number of carbonyl (C=O) groups excluding carboxylic acids is 1. The Balaban J connectivity index is 2.06. The highest BCUT2D eigenvalue weighted by Gasteiger charge is 2.31. The van der Waals surface area contributed by atoms with E-state index < -0.39 is 5.91 Å². The van der Waals surface area contributed by atoms with E-state index in [1.165, 1.54) is 5.56 Å². The quantitative estimate of drug-likeness (QED) is 0.668. The number of pyridine rings is 1. The maximum Gasteiger partial charge on any atom is 0.249 e. The number of rotatable bonds is 2. The molecule has 1 aliphatic carbocycles. The number of anilines is 1. The molecule has 6 nitrogen and oxygen atoms in total. The Morgan fingerprint density at radius 3 is 2.76 bits per heavy atom. The zero-order valence-corrected chi connectivity index (χ0v) is 14.4. The molecule has 0 saturated heterocycles. The van der Waals surface area contributed by atoms with E-state index in [1.54, 1.807) is 6.07 Å². The van der Waals surface area contributed by atoms with Crippen LogP contribution in [0.25, 0.3) is 22.3 Å². The smallest absolute Gasteiger partial charge is 0.249 e. The van der Waals surface area contributed by atoms with Crippen molar-refractivity contribution in [2.45, 2.75) is 33.1 Å². The molecule has 0 radical (unpaired) electrons. The minimum Gasteiger partial charge on any atom is -0.384 e. The molecule has 2 aromatic heterocycles. The summed E-state index contributed by atoms with van der Waals surface area (Å²) in [6.45, 7) is 4.52. The summed E-state index contributed by atoms with van der Waals surface area (Å²) >= 11 is 0. The summed E-state index contributed by atoms with van der Waals surface area (Å²) in [5.74, 6) is 0.0927. The Morgan fingerprint density at radius 2 is 2.00 bits per heavy atom. The third-order valence-electron chi connectivity index (χ3n) is 5.10. The molecule has 6 heteroatoms. The number of H-pyrrole nitrogens is 1. The molecule has 1 aliphatic rings. The molecule has 0 fully saturated rings. The second-order valence-corrected chi connectivity index (χ2v) is 7.50. The molecular weight excluding hydrogens is 314 g/mol. The summed E-state index contributed by atoms with van der Waals surface area (Å²) in [5, 5.41) is 8.01. The summed E-state index contributed by atoms with van der Waals surface area (Å²) in [5.41, 5.74) is 16.8. The van der Waals surface area contributed by atoms with Crippen molar-refractivity contribution in [2.24, 2.45) is 11.1 Å². The van der Waals surface area contributed by atoms with Crippen molar-refractivity contribution in [1.29, 1.82) is 0 Å². The number of aromatic nitrogens is 3. The fourth-order valence-electron chi connectivity index (χ4n) is 3.81. The second-order valence-electron chi connectivity index (χ2n) is 7.50. The Labute approximate surface area is 145 Å². The minimum absolute atomic E-state index is 0.186. The van der Waals surface area contributed by atoms with E-state index in [9.17, 15) is 4.79 Å². The van der Waals surface area contributed by atoms with E-state index in [0.717, 1.165) is 41.5 Å². The van der Waals surface area contributed by atoms with Crippen molar-refractivity contribution >= 4 is 22.8 Å². The number of aromatic amines is 1. The van der Waals surface area contributed by atoms with Gasteiger partial charge in [-0.2, -0.15) is 5.10 Å². The van der Waals surface area contributed by atoms with Crippen LogP contribution in [0.4, 0.5) is 5.82 Å². The molecular formula is C19H21N5O. The normalized spacial score (nSPS) is 15.9. The fraction of sp³-hybridized carbons (Fsp3) is 0.316. The van der Waals surface area contributed by atoms with Crippen molar-refractivity contribution in [3.8, 4) is 11.3 Å². The first-order valence-corrected chi connectivity index (χ1v) is 8.42. The van der Waals surface area contributed by atoms with Crippen molar-refractivity contribution < 1.29 is 4.79 Å². The van der Waals surface area contributed by atoms with Gasteiger partial charge in [-0.3, -0.25) is 9.89 Å². The summed E-state index contributed by atoms with van der Waals surface area (Å²) in [6, 6.07) is 7.34. The van der Waals surface area contributed by atoms with Crippen molar-refractivity contribution in [1.82, 2.24) is 15.2 Å². The van der Waals surface area contributed by atoms with Crippen LogP contribution in [-0.4, -0.2) is 21.1 Å². The van der Waals surface area contributed by atoms with Gasteiger partial charge in [0, 0.05) is 11.1 Å². The van der Waals surface area contributed by atoms with Crippen LogP contribution in [0.2, 0.25) is 0 Å². The minimum atomic E-state index is -0.455. The van der Waals surface area contributed by atoms with E-state index in [2.05, 4.69) is 24.0 Å². The maximum absolute atomic E-state index is 11.9. The molecule has 1 amide bonds. The van der Waals surface area contributed by atoms with Gasteiger partial charge in [-0.15, -0.1) is 0 Å². The lowest BCUT2D eigenvalue weighted by atomic mass is 9.72. The number of hydrogen-bond acceptors (Lipinski definition) is 4. The molecule has 128 valence electrons. The first-order valence-electron chi connectivity index (χ1n) is 8.42. The number of primary amides is 1. The summed E-state index contributed by atoms with van der Waals surface area (Å²) in [7, 11) is 0. The van der Waals surface area contributed by atoms with E-state index >= 15 is 0 Å². The molecule has 0 spiro atoms. The Hall–Kier alpha value is -2.89. The van der Waals surface area contributed by atoms with Crippen LogP contribution in [0.1, 0.15) is 41.8 Å².